The van der Waals surface area contributed by atoms with Crippen LogP contribution in [0.2, 0.25) is 0 Å². The molecule has 0 spiro atoms. The molecule has 0 aliphatic carbocycles. The van der Waals surface area contributed by atoms with E-state index >= 15 is 0 Å². The normalized spacial score (nSPS) is 12.5. The van der Waals surface area contributed by atoms with Crippen LogP contribution >= 0.6 is 11.3 Å². The Labute approximate surface area is 137 Å². The summed E-state index contributed by atoms with van der Waals surface area (Å²) < 4.78 is 0. The Bertz CT molecular complexity index is 861. The van der Waals surface area contributed by atoms with Gasteiger partial charge in [-0.25, -0.2) is 9.97 Å². The first kappa shape index (κ1) is 15.5. The molecule has 0 aromatic carbocycles. The number of hydrogen-bond donors (Lipinski definition) is 3. The van der Waals surface area contributed by atoms with Crippen molar-refractivity contribution in [1.82, 2.24) is 15.0 Å². The highest BCUT2D eigenvalue weighted by molar-refractivity contribution is 7.08. The summed E-state index contributed by atoms with van der Waals surface area (Å²) in [7, 11) is 0. The summed E-state index contributed by atoms with van der Waals surface area (Å²) in [6.07, 6.45) is 1.48. The smallest absolute Gasteiger partial charge is 0.143 e. The van der Waals surface area contributed by atoms with Gasteiger partial charge in [-0.15, -0.1) is 0 Å². The minimum Gasteiger partial charge on any atom is -0.394 e. The number of H-pyrrole nitrogens is 1. The molecule has 3 rings (SSSR count). The van der Waals surface area contributed by atoms with E-state index in [9.17, 15) is 10.4 Å². The Hall–Kier alpha value is -2.43. The van der Waals surface area contributed by atoms with Crippen LogP contribution in [0.4, 0.5) is 5.82 Å². The summed E-state index contributed by atoms with van der Waals surface area (Å²) in [6, 6.07) is 4.05. The second kappa shape index (κ2) is 6.36. The van der Waals surface area contributed by atoms with Crippen LogP contribution in [0.1, 0.15) is 19.4 Å². The third-order valence-corrected chi connectivity index (χ3v) is 4.57. The minimum atomic E-state index is -0.0812. The number of aliphatic hydroxyl groups excluding tert-OH is 1. The highest BCUT2D eigenvalue weighted by Crippen LogP contribution is 2.31. The summed E-state index contributed by atoms with van der Waals surface area (Å²) in [5.74, 6) is 0.949. The Morgan fingerprint density at radius 3 is 2.91 bits per heavy atom. The Kier molecular flexibility index (Phi) is 4.28. The maximum Gasteiger partial charge on any atom is 0.143 e. The van der Waals surface area contributed by atoms with E-state index in [1.165, 1.54) is 17.7 Å². The first-order chi connectivity index (χ1) is 11.1. The van der Waals surface area contributed by atoms with Crippen LogP contribution < -0.4 is 5.32 Å². The highest BCUT2D eigenvalue weighted by Gasteiger charge is 2.17. The standard InChI is InChI=1S/C16H17N5OS/c1-9(2)14(5-22)21-16-11-3-13(20-15(11)18-8-19-16)12-7-23-6-10(12)4-17/h3,6-9,14,22H,5H2,1-2H3,(H2,18,19,20,21). The maximum atomic E-state index is 9.51. The highest BCUT2D eigenvalue weighted by atomic mass is 32.1. The number of rotatable bonds is 5. The quantitative estimate of drug-likeness (QED) is 0.669. The van der Waals surface area contributed by atoms with Crippen molar-refractivity contribution < 1.29 is 5.11 Å². The zero-order valence-corrected chi connectivity index (χ0v) is 13.7. The molecule has 7 heteroatoms. The molecule has 23 heavy (non-hydrogen) atoms. The molecular weight excluding hydrogens is 310 g/mol. The van der Waals surface area contributed by atoms with Gasteiger partial charge in [0, 0.05) is 22.0 Å². The molecule has 6 nitrogen and oxygen atoms in total. The molecule has 118 valence electrons. The van der Waals surface area contributed by atoms with E-state index < -0.39 is 0 Å². The van der Waals surface area contributed by atoms with Gasteiger partial charge in [0.15, 0.2) is 0 Å². The van der Waals surface area contributed by atoms with Crippen LogP contribution in [0.25, 0.3) is 22.3 Å². The minimum absolute atomic E-state index is 0.0313. The number of fused-ring (bicyclic) bond motifs is 1. The predicted octanol–water partition coefficient (Wildman–Crippen LogP) is 2.99. The Balaban J connectivity index is 2.04. The average Bonchev–Trinajstić information content (AvgIpc) is 3.17. The molecule has 3 aromatic rings. The molecular formula is C16H17N5OS. The lowest BCUT2D eigenvalue weighted by atomic mass is 10.1. The monoisotopic (exact) mass is 327 g/mol. The molecule has 1 atom stereocenters. The molecule has 0 saturated heterocycles. The first-order valence-electron chi connectivity index (χ1n) is 7.31. The fourth-order valence-electron chi connectivity index (χ4n) is 2.39. The van der Waals surface area contributed by atoms with Crippen LogP contribution in [0, 0.1) is 17.2 Å². The molecule has 0 saturated carbocycles. The third kappa shape index (κ3) is 2.91. The fraction of sp³-hybridized carbons (Fsp3) is 0.312. The van der Waals surface area contributed by atoms with Crippen LogP contribution in [-0.2, 0) is 0 Å². The number of aromatic amines is 1. The molecule has 3 aromatic heterocycles. The van der Waals surface area contributed by atoms with Gasteiger partial charge in [-0.3, -0.25) is 0 Å². The number of aliphatic hydroxyl groups is 1. The van der Waals surface area contributed by atoms with Crippen molar-refractivity contribution in [3.8, 4) is 17.3 Å². The van der Waals surface area contributed by atoms with Gasteiger partial charge in [-0.05, 0) is 12.0 Å². The van der Waals surface area contributed by atoms with Crippen molar-refractivity contribution in [3.05, 3.63) is 28.7 Å². The van der Waals surface area contributed by atoms with Crippen molar-refractivity contribution in [1.29, 1.82) is 5.26 Å². The first-order valence-corrected chi connectivity index (χ1v) is 8.26. The van der Waals surface area contributed by atoms with Crippen molar-refractivity contribution in [2.45, 2.75) is 19.9 Å². The van der Waals surface area contributed by atoms with Crippen molar-refractivity contribution in [2.24, 2.45) is 5.92 Å². The number of nitrogens with zero attached hydrogens (tertiary/aromatic N) is 3. The number of anilines is 1. The van der Waals surface area contributed by atoms with Crippen molar-refractivity contribution in [3.63, 3.8) is 0 Å². The molecule has 0 bridgehead atoms. The van der Waals surface area contributed by atoms with Gasteiger partial charge in [0.05, 0.1) is 23.6 Å². The van der Waals surface area contributed by atoms with Gasteiger partial charge in [0.1, 0.15) is 23.9 Å². The molecule has 0 aliphatic rings. The number of nitrogens with one attached hydrogen (secondary N) is 2. The third-order valence-electron chi connectivity index (χ3n) is 3.82. The molecule has 0 fully saturated rings. The Morgan fingerprint density at radius 1 is 1.39 bits per heavy atom. The molecule has 3 N–H and O–H groups in total. The van der Waals surface area contributed by atoms with Crippen molar-refractivity contribution >= 4 is 28.2 Å². The van der Waals surface area contributed by atoms with E-state index in [-0.39, 0.29) is 18.6 Å². The van der Waals surface area contributed by atoms with Crippen LogP contribution in [0.15, 0.2) is 23.2 Å². The van der Waals surface area contributed by atoms with Crippen LogP contribution in [0.5, 0.6) is 0 Å². The maximum absolute atomic E-state index is 9.51. The number of hydrogen-bond acceptors (Lipinski definition) is 6. The Morgan fingerprint density at radius 2 is 2.22 bits per heavy atom. The molecule has 1 unspecified atom stereocenters. The van der Waals surface area contributed by atoms with E-state index in [0.29, 0.717) is 17.0 Å². The average molecular weight is 327 g/mol. The van der Waals surface area contributed by atoms with Gasteiger partial charge in [-0.2, -0.15) is 16.6 Å². The van der Waals surface area contributed by atoms with Gasteiger partial charge in [-0.1, -0.05) is 13.8 Å². The van der Waals surface area contributed by atoms with E-state index in [2.05, 4.69) is 26.3 Å². The number of aromatic nitrogens is 3. The van der Waals surface area contributed by atoms with Gasteiger partial charge in [0.2, 0.25) is 0 Å². The molecule has 3 heterocycles. The summed E-state index contributed by atoms with van der Waals surface area (Å²) in [6.45, 7) is 4.11. The topological polar surface area (TPSA) is 97.6 Å². The molecule has 0 amide bonds. The van der Waals surface area contributed by atoms with E-state index in [4.69, 9.17) is 0 Å². The van der Waals surface area contributed by atoms with E-state index in [0.717, 1.165) is 16.6 Å². The lowest BCUT2D eigenvalue weighted by molar-refractivity contribution is 0.249. The van der Waals surface area contributed by atoms with Gasteiger partial charge in [0.25, 0.3) is 0 Å². The summed E-state index contributed by atoms with van der Waals surface area (Å²) >= 11 is 1.49. The van der Waals surface area contributed by atoms with Crippen LogP contribution in [0.3, 0.4) is 0 Å². The summed E-state index contributed by atoms with van der Waals surface area (Å²) in [5.41, 5.74) is 3.04. The summed E-state index contributed by atoms with van der Waals surface area (Å²) in [4.78, 5) is 11.8. The summed E-state index contributed by atoms with van der Waals surface area (Å²) in [5, 5.41) is 26.6. The van der Waals surface area contributed by atoms with E-state index in [1.54, 1.807) is 0 Å². The lowest BCUT2D eigenvalue weighted by Crippen LogP contribution is -2.29. The second-order valence-corrected chi connectivity index (χ2v) is 6.40. The predicted molar refractivity (Wildman–Crippen MR) is 91.3 cm³/mol. The van der Waals surface area contributed by atoms with Crippen LogP contribution in [-0.4, -0.2) is 32.7 Å². The SMILES string of the molecule is CC(C)C(CO)Nc1ncnc2[nH]c(-c3cscc3C#N)cc12. The lowest BCUT2D eigenvalue weighted by Gasteiger charge is -2.20. The van der Waals surface area contributed by atoms with Gasteiger partial charge < -0.3 is 15.4 Å². The van der Waals surface area contributed by atoms with E-state index in [1.807, 2.05) is 30.7 Å². The number of thiophene rings is 1. The number of nitriles is 1. The zero-order chi connectivity index (χ0) is 16.4. The second-order valence-electron chi connectivity index (χ2n) is 5.66. The zero-order valence-electron chi connectivity index (χ0n) is 12.9. The molecule has 0 radical (unpaired) electrons. The largest absolute Gasteiger partial charge is 0.394 e. The fourth-order valence-corrected chi connectivity index (χ4v) is 3.16. The van der Waals surface area contributed by atoms with Gasteiger partial charge >= 0.3 is 0 Å². The van der Waals surface area contributed by atoms with Crippen molar-refractivity contribution in [2.75, 3.05) is 11.9 Å². The molecule has 0 aliphatic heterocycles.